The highest BCUT2D eigenvalue weighted by atomic mass is 16.7. The Labute approximate surface area is 117 Å². The van der Waals surface area contributed by atoms with Crippen LogP contribution in [0.15, 0.2) is 48.5 Å². The molecule has 0 atom stereocenters. The van der Waals surface area contributed by atoms with E-state index >= 15 is 0 Å². The third-order valence-electron chi connectivity index (χ3n) is 3.53. The van der Waals surface area contributed by atoms with Gasteiger partial charge in [-0.05, 0) is 22.3 Å². The minimum Gasteiger partial charge on any atom is -0.447 e. The van der Waals surface area contributed by atoms with Gasteiger partial charge in [-0.25, -0.2) is 4.79 Å². The Morgan fingerprint density at radius 2 is 1.60 bits per heavy atom. The molecule has 0 bridgehead atoms. The lowest BCUT2D eigenvalue weighted by molar-refractivity contribution is 0.0574. The maximum atomic E-state index is 11.4. The molecular formula is C16H15NO3. The fraction of sp³-hybridized carbons (Fsp3) is 0.188. The smallest absolute Gasteiger partial charge is 0.431 e. The molecule has 3 rings (SSSR count). The Bertz CT molecular complexity index is 594. The summed E-state index contributed by atoms with van der Waals surface area (Å²) in [5.41, 5.74) is 6.97. The zero-order valence-corrected chi connectivity index (χ0v) is 11.1. The van der Waals surface area contributed by atoms with Crippen LogP contribution in [0.25, 0.3) is 11.1 Å². The summed E-state index contributed by atoms with van der Waals surface area (Å²) in [6.07, 6.45) is -0.575. The minimum absolute atomic E-state index is 0.0741. The van der Waals surface area contributed by atoms with Gasteiger partial charge in [0.15, 0.2) is 0 Å². The molecule has 0 aromatic heterocycles. The summed E-state index contributed by atoms with van der Waals surface area (Å²) in [7, 11) is 1.38. The van der Waals surface area contributed by atoms with E-state index in [0.717, 1.165) is 0 Å². The maximum absolute atomic E-state index is 11.4. The van der Waals surface area contributed by atoms with Crippen molar-refractivity contribution in [3.05, 3.63) is 59.7 Å². The number of carbonyl (C=O) groups is 1. The van der Waals surface area contributed by atoms with Crippen LogP contribution >= 0.6 is 0 Å². The fourth-order valence-electron chi connectivity index (χ4n) is 2.71. The van der Waals surface area contributed by atoms with Crippen LogP contribution in [0.3, 0.4) is 0 Å². The van der Waals surface area contributed by atoms with Crippen molar-refractivity contribution in [2.75, 3.05) is 13.7 Å². The third kappa shape index (κ3) is 2.14. The van der Waals surface area contributed by atoms with Crippen LogP contribution in [-0.2, 0) is 9.57 Å². The molecule has 20 heavy (non-hydrogen) atoms. The molecule has 4 heteroatoms. The predicted octanol–water partition coefficient (Wildman–Crippen LogP) is 3.09. The first kappa shape index (κ1) is 12.7. The molecular weight excluding hydrogens is 254 g/mol. The summed E-state index contributed by atoms with van der Waals surface area (Å²) in [5.74, 6) is 0.0741. The summed E-state index contributed by atoms with van der Waals surface area (Å²) >= 11 is 0. The van der Waals surface area contributed by atoms with E-state index in [9.17, 15) is 4.79 Å². The molecule has 0 unspecified atom stereocenters. The van der Waals surface area contributed by atoms with Crippen molar-refractivity contribution in [1.29, 1.82) is 0 Å². The van der Waals surface area contributed by atoms with Gasteiger partial charge in [-0.2, -0.15) is 5.48 Å². The van der Waals surface area contributed by atoms with Crippen LogP contribution in [0.4, 0.5) is 4.79 Å². The molecule has 2 aromatic rings. The first-order chi connectivity index (χ1) is 9.81. The molecule has 0 aliphatic heterocycles. The molecule has 1 N–H and O–H groups in total. The molecule has 1 amide bonds. The number of hydrogen-bond acceptors (Lipinski definition) is 3. The third-order valence-corrected chi connectivity index (χ3v) is 3.53. The van der Waals surface area contributed by atoms with E-state index in [1.165, 1.54) is 29.4 Å². The van der Waals surface area contributed by atoms with Gasteiger partial charge < -0.3 is 4.74 Å². The average Bonchev–Trinajstić information content (AvgIpc) is 2.80. The molecule has 0 saturated heterocycles. The molecule has 2 aromatic carbocycles. The van der Waals surface area contributed by atoms with Crippen LogP contribution in [0.2, 0.25) is 0 Å². The fourth-order valence-corrected chi connectivity index (χ4v) is 2.71. The van der Waals surface area contributed by atoms with E-state index < -0.39 is 6.09 Å². The van der Waals surface area contributed by atoms with E-state index in [1.807, 2.05) is 24.3 Å². The lowest BCUT2D eigenvalue weighted by Crippen LogP contribution is -2.24. The number of ether oxygens (including phenoxy) is 1. The summed E-state index contributed by atoms with van der Waals surface area (Å²) in [5, 5.41) is 0. The highest BCUT2D eigenvalue weighted by Crippen LogP contribution is 2.44. The maximum Gasteiger partial charge on any atom is 0.431 e. The first-order valence-corrected chi connectivity index (χ1v) is 6.45. The Hall–Kier alpha value is -2.33. The van der Waals surface area contributed by atoms with E-state index in [4.69, 9.17) is 4.74 Å². The SMILES string of the molecule is CONC(=O)OCC1c2ccccc2-c2ccccc21. The number of amides is 1. The Morgan fingerprint density at radius 3 is 2.15 bits per heavy atom. The normalized spacial score (nSPS) is 12.7. The van der Waals surface area contributed by atoms with Gasteiger partial charge >= 0.3 is 6.09 Å². The zero-order valence-electron chi connectivity index (χ0n) is 11.1. The highest BCUT2D eigenvalue weighted by molar-refractivity contribution is 5.79. The molecule has 0 saturated carbocycles. The molecule has 102 valence electrons. The molecule has 1 aliphatic carbocycles. The van der Waals surface area contributed by atoms with Crippen molar-refractivity contribution in [1.82, 2.24) is 5.48 Å². The van der Waals surface area contributed by atoms with Gasteiger partial charge in [-0.1, -0.05) is 48.5 Å². The van der Waals surface area contributed by atoms with E-state index in [-0.39, 0.29) is 5.92 Å². The number of carbonyl (C=O) groups excluding carboxylic acids is 1. The monoisotopic (exact) mass is 269 g/mol. The lowest BCUT2D eigenvalue weighted by atomic mass is 9.98. The van der Waals surface area contributed by atoms with Gasteiger partial charge in [0.2, 0.25) is 0 Å². The van der Waals surface area contributed by atoms with E-state index in [2.05, 4.69) is 34.6 Å². The van der Waals surface area contributed by atoms with E-state index in [1.54, 1.807) is 0 Å². The van der Waals surface area contributed by atoms with Gasteiger partial charge in [0, 0.05) is 5.92 Å². The van der Waals surface area contributed by atoms with Crippen molar-refractivity contribution in [3.63, 3.8) is 0 Å². The Kier molecular flexibility index (Phi) is 3.39. The predicted molar refractivity (Wildman–Crippen MR) is 75.2 cm³/mol. The first-order valence-electron chi connectivity index (χ1n) is 6.45. The van der Waals surface area contributed by atoms with Gasteiger partial charge in [-0.15, -0.1) is 0 Å². The highest BCUT2D eigenvalue weighted by Gasteiger charge is 2.28. The molecule has 1 aliphatic rings. The molecule has 0 fully saturated rings. The largest absolute Gasteiger partial charge is 0.447 e. The molecule has 4 nitrogen and oxygen atoms in total. The second-order valence-electron chi connectivity index (χ2n) is 4.63. The zero-order chi connectivity index (χ0) is 13.9. The quantitative estimate of drug-likeness (QED) is 0.871. The number of fused-ring (bicyclic) bond motifs is 3. The minimum atomic E-state index is -0.575. The summed E-state index contributed by atoms with van der Waals surface area (Å²) in [6, 6.07) is 16.4. The number of benzene rings is 2. The number of rotatable bonds is 3. The number of hydroxylamine groups is 1. The number of nitrogens with one attached hydrogen (secondary N) is 1. The van der Waals surface area contributed by atoms with Crippen molar-refractivity contribution in [2.24, 2.45) is 0 Å². The molecule has 0 spiro atoms. The number of hydrogen-bond donors (Lipinski definition) is 1. The topological polar surface area (TPSA) is 47.6 Å². The second-order valence-corrected chi connectivity index (χ2v) is 4.63. The van der Waals surface area contributed by atoms with Crippen LogP contribution in [0.1, 0.15) is 17.0 Å². The molecule has 0 radical (unpaired) electrons. The van der Waals surface area contributed by atoms with Crippen molar-refractivity contribution >= 4 is 6.09 Å². The standard InChI is InChI=1S/C16H15NO3/c1-19-17-16(18)20-10-15-13-8-4-2-6-11(13)12-7-3-5-9-14(12)15/h2-9,15H,10H2,1H3,(H,17,18). The van der Waals surface area contributed by atoms with Gasteiger partial charge in [0.1, 0.15) is 6.61 Å². The Balaban J connectivity index is 1.89. The molecule has 0 heterocycles. The van der Waals surface area contributed by atoms with Crippen molar-refractivity contribution < 1.29 is 14.4 Å². The van der Waals surface area contributed by atoms with Gasteiger partial charge in [0.25, 0.3) is 0 Å². The van der Waals surface area contributed by atoms with Crippen molar-refractivity contribution in [3.8, 4) is 11.1 Å². The Morgan fingerprint density at radius 1 is 1.05 bits per heavy atom. The van der Waals surface area contributed by atoms with Crippen molar-refractivity contribution in [2.45, 2.75) is 5.92 Å². The summed E-state index contributed by atoms with van der Waals surface area (Å²) in [6.45, 7) is 0.295. The van der Waals surface area contributed by atoms with Crippen LogP contribution in [0.5, 0.6) is 0 Å². The van der Waals surface area contributed by atoms with Crippen LogP contribution < -0.4 is 5.48 Å². The lowest BCUT2D eigenvalue weighted by Gasteiger charge is -2.13. The average molecular weight is 269 g/mol. The van der Waals surface area contributed by atoms with Gasteiger partial charge in [-0.3, -0.25) is 4.84 Å². The van der Waals surface area contributed by atoms with E-state index in [0.29, 0.717) is 6.61 Å². The second kappa shape index (κ2) is 5.35. The van der Waals surface area contributed by atoms with Crippen LogP contribution in [0, 0.1) is 0 Å². The summed E-state index contributed by atoms with van der Waals surface area (Å²) in [4.78, 5) is 15.9. The van der Waals surface area contributed by atoms with Gasteiger partial charge in [0.05, 0.1) is 7.11 Å². The van der Waals surface area contributed by atoms with Crippen LogP contribution in [-0.4, -0.2) is 19.8 Å². The summed E-state index contributed by atoms with van der Waals surface area (Å²) < 4.78 is 5.21.